The summed E-state index contributed by atoms with van der Waals surface area (Å²) in [7, 11) is 1.24. The van der Waals surface area contributed by atoms with Crippen LogP contribution in [0.5, 0.6) is 0 Å². The minimum Gasteiger partial charge on any atom is -0.465 e. The van der Waals surface area contributed by atoms with Crippen molar-refractivity contribution in [1.29, 1.82) is 0 Å². The standard InChI is InChI=1S/C13H12FNO3/c1-8-10(12(17)18-2)5-9(6-11(8)14)13(3-4-13)15-7-16/h5-6H,3-4H2,1-2H3. The van der Waals surface area contributed by atoms with Crippen molar-refractivity contribution < 1.29 is 18.7 Å². The van der Waals surface area contributed by atoms with Gasteiger partial charge in [-0.3, -0.25) is 0 Å². The average molecular weight is 249 g/mol. The lowest BCUT2D eigenvalue weighted by atomic mass is 9.98. The Labute approximate surface area is 103 Å². The predicted molar refractivity (Wildman–Crippen MR) is 61.5 cm³/mol. The number of esters is 1. The summed E-state index contributed by atoms with van der Waals surface area (Å²) < 4.78 is 18.4. The summed E-state index contributed by atoms with van der Waals surface area (Å²) in [6.45, 7) is 1.51. The van der Waals surface area contributed by atoms with Crippen LogP contribution in [-0.2, 0) is 15.1 Å². The number of carbonyl (C=O) groups excluding carboxylic acids is 2. The van der Waals surface area contributed by atoms with E-state index in [1.165, 1.54) is 32.2 Å². The highest BCUT2D eigenvalue weighted by atomic mass is 19.1. The predicted octanol–water partition coefficient (Wildman–Crippen LogP) is 2.25. The van der Waals surface area contributed by atoms with Crippen molar-refractivity contribution in [1.82, 2.24) is 0 Å². The van der Waals surface area contributed by atoms with Gasteiger partial charge in [0.05, 0.1) is 18.2 Å². The fourth-order valence-electron chi connectivity index (χ4n) is 1.94. The molecule has 0 atom stereocenters. The number of halogens is 1. The van der Waals surface area contributed by atoms with Crippen LogP contribution in [-0.4, -0.2) is 19.2 Å². The van der Waals surface area contributed by atoms with Gasteiger partial charge in [0.25, 0.3) is 0 Å². The highest BCUT2D eigenvalue weighted by Gasteiger charge is 2.45. The first-order valence-electron chi connectivity index (χ1n) is 5.52. The third kappa shape index (κ3) is 1.93. The van der Waals surface area contributed by atoms with E-state index in [0.29, 0.717) is 18.4 Å². The minimum absolute atomic E-state index is 0.167. The van der Waals surface area contributed by atoms with E-state index in [1.807, 2.05) is 0 Å². The van der Waals surface area contributed by atoms with E-state index in [-0.39, 0.29) is 11.1 Å². The van der Waals surface area contributed by atoms with Gasteiger partial charge in [0, 0.05) is 0 Å². The Morgan fingerprint density at radius 2 is 2.17 bits per heavy atom. The maximum atomic E-state index is 13.8. The molecule has 4 nitrogen and oxygen atoms in total. The van der Waals surface area contributed by atoms with Crippen LogP contribution in [0.15, 0.2) is 17.1 Å². The second kappa shape index (κ2) is 4.35. The molecule has 94 valence electrons. The van der Waals surface area contributed by atoms with Gasteiger partial charge in [0.15, 0.2) is 0 Å². The molecule has 2 rings (SSSR count). The van der Waals surface area contributed by atoms with Gasteiger partial charge in [-0.05, 0) is 43.0 Å². The molecule has 1 aromatic rings. The van der Waals surface area contributed by atoms with Crippen LogP contribution in [0.3, 0.4) is 0 Å². The van der Waals surface area contributed by atoms with Gasteiger partial charge in [-0.2, -0.15) is 4.99 Å². The molecular formula is C13H12FNO3. The minimum atomic E-state index is -0.695. The van der Waals surface area contributed by atoms with Crippen molar-refractivity contribution in [3.63, 3.8) is 0 Å². The summed E-state index contributed by atoms with van der Waals surface area (Å²) in [4.78, 5) is 25.6. The maximum Gasteiger partial charge on any atom is 0.338 e. The summed E-state index contributed by atoms with van der Waals surface area (Å²) in [5, 5.41) is 0. The second-order valence-electron chi connectivity index (χ2n) is 4.36. The number of hydrogen-bond acceptors (Lipinski definition) is 4. The van der Waals surface area contributed by atoms with Gasteiger partial charge in [-0.15, -0.1) is 0 Å². The first-order chi connectivity index (χ1) is 8.54. The van der Waals surface area contributed by atoms with Crippen molar-refractivity contribution in [2.24, 2.45) is 4.99 Å². The molecule has 0 spiro atoms. The lowest BCUT2D eigenvalue weighted by Gasteiger charge is -2.12. The van der Waals surface area contributed by atoms with Gasteiger partial charge in [0.2, 0.25) is 6.08 Å². The first kappa shape index (κ1) is 12.5. The molecule has 1 fully saturated rings. The summed E-state index contributed by atoms with van der Waals surface area (Å²) in [5.41, 5.74) is 0.227. The zero-order chi connectivity index (χ0) is 13.3. The summed E-state index contributed by atoms with van der Waals surface area (Å²) in [5.74, 6) is -1.10. The molecule has 0 saturated heterocycles. The molecule has 18 heavy (non-hydrogen) atoms. The van der Waals surface area contributed by atoms with Gasteiger partial charge < -0.3 is 4.74 Å². The van der Waals surface area contributed by atoms with E-state index >= 15 is 0 Å². The fourth-order valence-corrected chi connectivity index (χ4v) is 1.94. The number of rotatable bonds is 3. The van der Waals surface area contributed by atoms with Crippen molar-refractivity contribution >= 4 is 12.0 Å². The number of isocyanates is 1. The molecule has 0 aliphatic heterocycles. The van der Waals surface area contributed by atoms with Crippen LogP contribution in [0, 0.1) is 12.7 Å². The monoisotopic (exact) mass is 249 g/mol. The lowest BCUT2D eigenvalue weighted by molar-refractivity contribution is 0.0599. The third-order valence-electron chi connectivity index (χ3n) is 3.27. The second-order valence-corrected chi connectivity index (χ2v) is 4.36. The molecule has 1 saturated carbocycles. The first-order valence-corrected chi connectivity index (χ1v) is 5.52. The Kier molecular flexibility index (Phi) is 3.01. The summed E-state index contributed by atoms with van der Waals surface area (Å²) >= 11 is 0. The number of hydrogen-bond donors (Lipinski definition) is 0. The zero-order valence-corrected chi connectivity index (χ0v) is 10.1. The van der Waals surface area contributed by atoms with Crippen molar-refractivity contribution in [2.75, 3.05) is 7.11 Å². The fraction of sp³-hybridized carbons (Fsp3) is 0.385. The number of aliphatic imine (C=N–C) groups is 1. The number of carbonyl (C=O) groups is 1. The molecule has 0 unspecified atom stereocenters. The number of methoxy groups -OCH3 is 1. The van der Waals surface area contributed by atoms with Crippen LogP contribution in [0.1, 0.15) is 34.3 Å². The Bertz CT molecular complexity index is 558. The zero-order valence-electron chi connectivity index (χ0n) is 10.1. The third-order valence-corrected chi connectivity index (χ3v) is 3.27. The molecule has 0 aromatic heterocycles. The van der Waals surface area contributed by atoms with Crippen LogP contribution in [0.2, 0.25) is 0 Å². The topological polar surface area (TPSA) is 55.7 Å². The normalized spacial score (nSPS) is 15.7. The Morgan fingerprint density at radius 1 is 1.50 bits per heavy atom. The summed E-state index contributed by atoms with van der Waals surface area (Å²) in [6, 6.07) is 2.85. The van der Waals surface area contributed by atoms with Gasteiger partial charge in [0.1, 0.15) is 5.82 Å². The number of benzene rings is 1. The van der Waals surface area contributed by atoms with Crippen molar-refractivity contribution in [2.45, 2.75) is 25.3 Å². The van der Waals surface area contributed by atoms with Crippen molar-refractivity contribution in [3.8, 4) is 0 Å². The smallest absolute Gasteiger partial charge is 0.338 e. The Hall–Kier alpha value is -2.00. The van der Waals surface area contributed by atoms with Gasteiger partial charge in [-0.1, -0.05) is 0 Å². The van der Waals surface area contributed by atoms with Gasteiger partial charge in [-0.25, -0.2) is 14.0 Å². The highest BCUT2D eigenvalue weighted by molar-refractivity contribution is 5.91. The van der Waals surface area contributed by atoms with E-state index < -0.39 is 17.3 Å². The van der Waals surface area contributed by atoms with Gasteiger partial charge >= 0.3 is 5.97 Å². The van der Waals surface area contributed by atoms with E-state index in [0.717, 1.165) is 0 Å². The van der Waals surface area contributed by atoms with E-state index in [4.69, 9.17) is 0 Å². The molecule has 0 amide bonds. The van der Waals surface area contributed by atoms with Crippen LogP contribution in [0.25, 0.3) is 0 Å². The molecule has 0 bridgehead atoms. The molecule has 1 aliphatic carbocycles. The summed E-state index contributed by atoms with van der Waals surface area (Å²) in [6.07, 6.45) is 2.82. The molecule has 1 aromatic carbocycles. The van der Waals surface area contributed by atoms with Crippen LogP contribution >= 0.6 is 0 Å². The number of ether oxygens (including phenoxy) is 1. The van der Waals surface area contributed by atoms with Crippen LogP contribution < -0.4 is 0 Å². The Morgan fingerprint density at radius 3 is 2.67 bits per heavy atom. The maximum absolute atomic E-state index is 13.8. The van der Waals surface area contributed by atoms with E-state index in [9.17, 15) is 14.0 Å². The highest BCUT2D eigenvalue weighted by Crippen LogP contribution is 2.49. The average Bonchev–Trinajstić information content (AvgIpc) is 3.13. The van der Waals surface area contributed by atoms with E-state index in [2.05, 4.69) is 9.73 Å². The molecular weight excluding hydrogens is 237 g/mol. The van der Waals surface area contributed by atoms with E-state index in [1.54, 1.807) is 0 Å². The molecule has 0 N–H and O–H groups in total. The largest absolute Gasteiger partial charge is 0.465 e. The number of nitrogens with zero attached hydrogens (tertiary/aromatic N) is 1. The van der Waals surface area contributed by atoms with Crippen LogP contribution in [0.4, 0.5) is 4.39 Å². The quantitative estimate of drug-likeness (QED) is 0.469. The SMILES string of the molecule is COC(=O)c1cc(C2(N=C=O)CC2)cc(F)c1C. The molecule has 0 heterocycles. The molecule has 0 radical (unpaired) electrons. The Balaban J connectivity index is 2.55. The molecule has 1 aliphatic rings. The lowest BCUT2D eigenvalue weighted by Crippen LogP contribution is -2.10. The van der Waals surface area contributed by atoms with Crippen molar-refractivity contribution in [3.05, 3.63) is 34.6 Å². The molecule has 5 heteroatoms.